The average Bonchev–Trinajstić information content (AvgIpc) is 3.43. The number of aromatic nitrogens is 8. The van der Waals surface area contributed by atoms with E-state index in [9.17, 15) is 14.0 Å². The van der Waals surface area contributed by atoms with Gasteiger partial charge in [-0.1, -0.05) is 25.4 Å². The van der Waals surface area contributed by atoms with E-state index in [4.69, 9.17) is 26.8 Å². The van der Waals surface area contributed by atoms with E-state index in [0.717, 1.165) is 35.7 Å². The zero-order chi connectivity index (χ0) is 33.4. The number of ether oxygens (including phenoxy) is 2. The fraction of sp³-hybridized carbons (Fsp3) is 0.387. The molecule has 4 aromatic heterocycles. The molecule has 0 saturated heterocycles. The van der Waals surface area contributed by atoms with Gasteiger partial charge < -0.3 is 20.5 Å². The second kappa shape index (κ2) is 13.2. The lowest BCUT2D eigenvalue weighted by molar-refractivity contribution is -0.155. The number of halogens is 2. The summed E-state index contributed by atoms with van der Waals surface area (Å²) in [7, 11) is 1.53. The summed E-state index contributed by atoms with van der Waals surface area (Å²) in [5, 5.41) is 24.0. The largest absolute Gasteiger partial charge is 0.457 e. The number of methoxy groups -OCH3 is 1. The highest BCUT2D eigenvalue weighted by Gasteiger charge is 2.28. The third kappa shape index (κ3) is 6.87. The lowest BCUT2D eigenvalue weighted by atomic mass is 10.1. The van der Waals surface area contributed by atoms with E-state index in [2.05, 4.69) is 30.9 Å². The molecule has 1 saturated carbocycles. The van der Waals surface area contributed by atoms with E-state index in [0.29, 0.717) is 5.52 Å². The van der Waals surface area contributed by atoms with Crippen LogP contribution in [0.15, 0.2) is 42.9 Å². The second-order valence-electron chi connectivity index (χ2n) is 11.9. The Morgan fingerprint density at radius 2 is 1.98 bits per heavy atom. The Morgan fingerprint density at radius 1 is 1.19 bits per heavy atom. The molecule has 4 heterocycles. The summed E-state index contributed by atoms with van der Waals surface area (Å²) in [6, 6.07) is 5.61. The minimum atomic E-state index is -0.745. The summed E-state index contributed by atoms with van der Waals surface area (Å²) < 4.78 is 29.0. The van der Waals surface area contributed by atoms with Gasteiger partial charge in [0, 0.05) is 25.1 Å². The number of rotatable bonds is 12. The van der Waals surface area contributed by atoms with Gasteiger partial charge in [0.2, 0.25) is 5.82 Å². The number of nitrogens with one attached hydrogen (secondary N) is 1. The van der Waals surface area contributed by atoms with E-state index in [1.165, 1.54) is 24.2 Å². The number of amides is 1. The van der Waals surface area contributed by atoms with Gasteiger partial charge in [-0.05, 0) is 60.7 Å². The Bertz CT molecular complexity index is 1950. The fourth-order valence-electron chi connectivity index (χ4n) is 5.05. The first-order chi connectivity index (χ1) is 22.5. The monoisotopic (exact) mass is 664 g/mol. The van der Waals surface area contributed by atoms with E-state index in [1.54, 1.807) is 15.4 Å². The quantitative estimate of drug-likeness (QED) is 0.185. The summed E-state index contributed by atoms with van der Waals surface area (Å²) in [4.78, 5) is 27.5. The van der Waals surface area contributed by atoms with Crippen LogP contribution in [0, 0.1) is 18.7 Å². The molecule has 1 aliphatic carbocycles. The van der Waals surface area contributed by atoms with Crippen LogP contribution < -0.4 is 11.1 Å². The lowest BCUT2D eigenvalue weighted by Gasteiger charge is -2.21. The molecule has 14 nitrogen and oxygen atoms in total. The highest BCUT2D eigenvalue weighted by Crippen LogP contribution is 2.35. The van der Waals surface area contributed by atoms with Crippen molar-refractivity contribution in [3.63, 3.8) is 0 Å². The molecule has 1 amide bonds. The standard InChI is InChI=1S/C31H34ClFN10O4/c1-16(2)28(34)31(45)47-20(15-46-4)13-41-14-23(17(3)38-41)18-7-8-42-27(9-18)22(12-35-42)30(44)36-26-10-21(25(33)11-24(26)32)29-37-40-43(39-29)19-5-6-19/h7-12,14,16,19-20,28H,5-6,13,15,34H2,1-4H3,(H,36,44)/t20-,28-/m0/s1. The lowest BCUT2D eigenvalue weighted by Crippen LogP contribution is -2.40. The molecule has 2 atom stereocenters. The first-order valence-corrected chi connectivity index (χ1v) is 15.5. The molecular weight excluding hydrogens is 631 g/mol. The number of fused-ring (bicyclic) bond motifs is 1. The van der Waals surface area contributed by atoms with Crippen LogP contribution >= 0.6 is 11.6 Å². The van der Waals surface area contributed by atoms with Gasteiger partial charge in [0.15, 0.2) is 0 Å². The Kier molecular flexibility index (Phi) is 9.03. The van der Waals surface area contributed by atoms with E-state index >= 15 is 0 Å². The van der Waals surface area contributed by atoms with Gasteiger partial charge in [0.05, 0.1) is 58.4 Å². The molecular formula is C31H34ClFN10O4. The van der Waals surface area contributed by atoms with E-state index in [1.807, 2.05) is 39.1 Å². The molecule has 1 aliphatic rings. The van der Waals surface area contributed by atoms with Gasteiger partial charge >= 0.3 is 5.97 Å². The number of hydrogen-bond donors (Lipinski definition) is 2. The summed E-state index contributed by atoms with van der Waals surface area (Å²) in [6.45, 7) is 5.98. The smallest absolute Gasteiger partial charge is 0.323 e. The predicted molar refractivity (Wildman–Crippen MR) is 170 cm³/mol. The average molecular weight is 665 g/mol. The third-order valence-corrected chi connectivity index (χ3v) is 8.20. The fourth-order valence-corrected chi connectivity index (χ4v) is 5.25. The number of anilines is 1. The van der Waals surface area contributed by atoms with Gasteiger partial charge in [0.25, 0.3) is 5.91 Å². The number of hydrogen-bond acceptors (Lipinski definition) is 10. The van der Waals surface area contributed by atoms with Crippen LogP contribution in [0.3, 0.4) is 0 Å². The van der Waals surface area contributed by atoms with Crippen LogP contribution in [0.1, 0.15) is 48.8 Å². The number of nitrogens with zero attached hydrogens (tertiary/aromatic N) is 8. The van der Waals surface area contributed by atoms with Crippen LogP contribution in [0.4, 0.5) is 10.1 Å². The first-order valence-electron chi connectivity index (χ1n) is 15.1. The van der Waals surface area contributed by atoms with Crippen molar-refractivity contribution in [1.29, 1.82) is 0 Å². The summed E-state index contributed by atoms with van der Waals surface area (Å²) in [5.41, 5.74) is 9.32. The molecule has 0 bridgehead atoms. The molecule has 16 heteroatoms. The van der Waals surface area contributed by atoms with Crippen molar-refractivity contribution in [2.45, 2.75) is 58.3 Å². The Balaban J connectivity index is 1.22. The number of carbonyl (C=O) groups is 2. The zero-order valence-corrected chi connectivity index (χ0v) is 27.0. The number of carbonyl (C=O) groups excluding carboxylic acids is 2. The minimum absolute atomic E-state index is 0.0121. The Labute approximate surface area is 274 Å². The van der Waals surface area contributed by atoms with Crippen molar-refractivity contribution < 1.29 is 23.5 Å². The molecule has 0 unspecified atom stereocenters. The normalized spacial score (nSPS) is 14.5. The van der Waals surface area contributed by atoms with Gasteiger partial charge in [-0.3, -0.25) is 14.3 Å². The number of nitrogens with two attached hydrogens (primary N) is 1. The number of pyridine rings is 1. The van der Waals surface area contributed by atoms with Crippen molar-refractivity contribution in [3.8, 4) is 22.5 Å². The van der Waals surface area contributed by atoms with Gasteiger partial charge in [-0.2, -0.15) is 15.0 Å². The highest BCUT2D eigenvalue weighted by atomic mass is 35.5. The summed E-state index contributed by atoms with van der Waals surface area (Å²) in [5.74, 6) is -1.60. The van der Waals surface area contributed by atoms with Crippen molar-refractivity contribution in [3.05, 3.63) is 65.0 Å². The summed E-state index contributed by atoms with van der Waals surface area (Å²) >= 11 is 6.33. The maximum absolute atomic E-state index is 14.9. The molecule has 6 rings (SSSR count). The number of aryl methyl sites for hydroxylation is 1. The molecule has 0 spiro atoms. The predicted octanol–water partition coefficient (Wildman–Crippen LogP) is 4.08. The molecule has 0 aliphatic heterocycles. The van der Waals surface area contributed by atoms with Crippen LogP contribution in [-0.4, -0.2) is 77.3 Å². The van der Waals surface area contributed by atoms with Gasteiger partial charge in [-0.25, -0.2) is 8.91 Å². The van der Waals surface area contributed by atoms with E-state index in [-0.39, 0.29) is 52.8 Å². The molecule has 246 valence electrons. The van der Waals surface area contributed by atoms with Crippen LogP contribution in [0.5, 0.6) is 0 Å². The molecule has 47 heavy (non-hydrogen) atoms. The van der Waals surface area contributed by atoms with Crippen LogP contribution in [-0.2, 0) is 20.8 Å². The van der Waals surface area contributed by atoms with Gasteiger partial charge in [-0.15, -0.1) is 10.2 Å². The topological polar surface area (TPSA) is 169 Å². The summed E-state index contributed by atoms with van der Waals surface area (Å²) in [6.07, 6.45) is 6.31. The SMILES string of the molecule is COC[C@H](Cn1cc(-c2ccn3ncc(C(=O)Nc4cc(-c5nnn(C6CC6)n5)c(F)cc4Cl)c3c2)c(C)n1)OC(=O)[C@@H](N)C(C)C. The molecule has 0 radical (unpaired) electrons. The van der Waals surface area contributed by atoms with Crippen molar-refractivity contribution in [2.24, 2.45) is 11.7 Å². The molecule has 1 fully saturated rings. The van der Waals surface area contributed by atoms with E-state index < -0.39 is 29.8 Å². The first kappa shape index (κ1) is 32.2. The molecule has 1 aromatic carbocycles. The maximum Gasteiger partial charge on any atom is 0.323 e. The number of tetrazole rings is 1. The maximum atomic E-state index is 14.9. The minimum Gasteiger partial charge on any atom is -0.457 e. The Morgan fingerprint density at radius 3 is 2.70 bits per heavy atom. The highest BCUT2D eigenvalue weighted by molar-refractivity contribution is 6.34. The molecule has 3 N–H and O–H groups in total. The van der Waals surface area contributed by atoms with Crippen molar-refractivity contribution in [2.75, 3.05) is 19.0 Å². The van der Waals surface area contributed by atoms with Gasteiger partial charge in [0.1, 0.15) is 18.0 Å². The van der Waals surface area contributed by atoms with Crippen molar-refractivity contribution >= 4 is 34.7 Å². The second-order valence-corrected chi connectivity index (χ2v) is 12.3. The number of benzene rings is 1. The van der Waals surface area contributed by atoms with Crippen molar-refractivity contribution in [1.82, 2.24) is 39.6 Å². The molecule has 5 aromatic rings. The van der Waals surface area contributed by atoms with Crippen LogP contribution in [0.2, 0.25) is 5.02 Å². The van der Waals surface area contributed by atoms with Crippen LogP contribution in [0.25, 0.3) is 28.0 Å². The Hall–Kier alpha value is -4.73. The number of esters is 1. The third-order valence-electron chi connectivity index (χ3n) is 7.89. The zero-order valence-electron chi connectivity index (χ0n) is 26.2.